The first-order valence-corrected chi connectivity index (χ1v) is 8.20. The van der Waals surface area contributed by atoms with Crippen LogP contribution in [0.15, 0.2) is 24.3 Å². The lowest BCUT2D eigenvalue weighted by Gasteiger charge is -2.50. The minimum absolute atomic E-state index is 0.179. The molecule has 2 nitrogen and oxygen atoms in total. The van der Waals surface area contributed by atoms with Gasteiger partial charge in [-0.2, -0.15) is 0 Å². The molecule has 0 aromatic heterocycles. The molecule has 3 aliphatic carbocycles. The molecule has 0 amide bonds. The summed E-state index contributed by atoms with van der Waals surface area (Å²) >= 11 is 0. The Labute approximate surface area is 131 Å². The second-order valence-electron chi connectivity index (χ2n) is 7.46. The Morgan fingerprint density at radius 3 is 2.86 bits per heavy atom. The van der Waals surface area contributed by atoms with Crippen LogP contribution in [-0.4, -0.2) is 15.8 Å². The molecule has 22 heavy (non-hydrogen) atoms. The predicted octanol–water partition coefficient (Wildman–Crippen LogP) is 3.69. The van der Waals surface area contributed by atoms with Crippen LogP contribution < -0.4 is 0 Å². The van der Waals surface area contributed by atoms with E-state index in [9.17, 15) is 10.2 Å². The Morgan fingerprint density at radius 2 is 2.09 bits per heavy atom. The van der Waals surface area contributed by atoms with Crippen LogP contribution in [0.4, 0.5) is 0 Å². The first-order chi connectivity index (χ1) is 10.5. The van der Waals surface area contributed by atoms with Crippen LogP contribution in [-0.2, 0) is 0 Å². The third-order valence-corrected chi connectivity index (χ3v) is 6.69. The summed E-state index contributed by atoms with van der Waals surface area (Å²) in [4.78, 5) is 0. The predicted molar refractivity (Wildman–Crippen MR) is 87.2 cm³/mol. The van der Waals surface area contributed by atoms with E-state index >= 15 is 0 Å². The van der Waals surface area contributed by atoms with Crippen molar-refractivity contribution in [3.8, 4) is 18.1 Å². The van der Waals surface area contributed by atoms with E-state index < -0.39 is 5.60 Å². The van der Waals surface area contributed by atoms with E-state index in [2.05, 4.69) is 31.1 Å². The number of rotatable bonds is 0. The van der Waals surface area contributed by atoms with E-state index in [0.717, 1.165) is 24.8 Å². The third kappa shape index (κ3) is 1.61. The van der Waals surface area contributed by atoms with Gasteiger partial charge in [-0.1, -0.05) is 31.1 Å². The number of allylic oxidation sites excluding steroid dienone is 1. The van der Waals surface area contributed by atoms with Crippen molar-refractivity contribution in [2.24, 2.45) is 17.3 Å². The van der Waals surface area contributed by atoms with E-state index in [1.54, 1.807) is 6.07 Å². The molecule has 0 spiro atoms. The Balaban J connectivity index is 1.76. The molecule has 0 aliphatic heterocycles. The van der Waals surface area contributed by atoms with Gasteiger partial charge >= 0.3 is 0 Å². The summed E-state index contributed by atoms with van der Waals surface area (Å²) < 4.78 is 0. The van der Waals surface area contributed by atoms with Gasteiger partial charge in [-0.3, -0.25) is 0 Å². The number of hydrogen-bond acceptors (Lipinski definition) is 2. The molecular formula is C20H22O2. The van der Waals surface area contributed by atoms with Gasteiger partial charge < -0.3 is 10.2 Å². The number of aromatic hydroxyl groups is 1. The van der Waals surface area contributed by atoms with Gasteiger partial charge in [-0.25, -0.2) is 0 Å². The Bertz CT molecular complexity index is 698. The fourth-order valence-corrected chi connectivity index (χ4v) is 5.34. The molecule has 3 aliphatic rings. The standard InChI is InChI=1S/C20H22O2/c1-3-20(22)11-9-18-17-6-4-13-12-14(21)5-7-15(13)16(17)8-10-19(18,20)2/h1,4-7,12,16-18,21-22H,8-11H2,2H3/t16?,17?,18?,19-,20-/m0/s1. The second kappa shape index (κ2) is 4.40. The lowest BCUT2D eigenvalue weighted by atomic mass is 9.54. The van der Waals surface area contributed by atoms with Gasteiger partial charge in [0, 0.05) is 5.41 Å². The van der Waals surface area contributed by atoms with Crippen molar-refractivity contribution in [3.05, 3.63) is 35.4 Å². The highest BCUT2D eigenvalue weighted by Crippen LogP contribution is 2.63. The zero-order valence-electron chi connectivity index (χ0n) is 12.9. The number of phenols is 1. The molecule has 1 aromatic carbocycles. The van der Waals surface area contributed by atoms with Gasteiger partial charge in [0.05, 0.1) is 0 Å². The molecule has 0 bridgehead atoms. The summed E-state index contributed by atoms with van der Waals surface area (Å²) in [5.74, 6) is 4.39. The van der Waals surface area contributed by atoms with Crippen LogP contribution in [0, 0.1) is 29.6 Å². The topological polar surface area (TPSA) is 40.5 Å². The monoisotopic (exact) mass is 294 g/mol. The number of hydrogen-bond donors (Lipinski definition) is 2. The molecule has 2 N–H and O–H groups in total. The van der Waals surface area contributed by atoms with E-state index in [-0.39, 0.29) is 5.41 Å². The van der Waals surface area contributed by atoms with Gasteiger partial charge in [-0.15, -0.1) is 6.42 Å². The molecule has 0 radical (unpaired) electrons. The van der Waals surface area contributed by atoms with Crippen LogP contribution in [0.25, 0.3) is 6.08 Å². The summed E-state index contributed by atoms with van der Waals surface area (Å²) in [5.41, 5.74) is 1.34. The lowest BCUT2D eigenvalue weighted by Crippen LogP contribution is -2.49. The fourth-order valence-electron chi connectivity index (χ4n) is 5.34. The SMILES string of the molecule is C#C[C@]1(O)CCC2C3C=Cc4cc(O)ccc4C3CC[C@@]21C. The fraction of sp³-hybridized carbons (Fsp3) is 0.500. The number of fused-ring (bicyclic) bond motifs is 5. The molecular weight excluding hydrogens is 272 g/mol. The van der Waals surface area contributed by atoms with Crippen molar-refractivity contribution in [2.75, 3.05) is 0 Å². The van der Waals surface area contributed by atoms with E-state index in [1.165, 1.54) is 5.56 Å². The zero-order chi connectivity index (χ0) is 15.5. The molecule has 114 valence electrons. The van der Waals surface area contributed by atoms with Crippen molar-refractivity contribution < 1.29 is 10.2 Å². The first-order valence-electron chi connectivity index (χ1n) is 8.20. The van der Waals surface area contributed by atoms with Crippen molar-refractivity contribution in [3.63, 3.8) is 0 Å². The highest BCUT2D eigenvalue weighted by molar-refractivity contribution is 5.61. The molecule has 3 unspecified atom stereocenters. The highest BCUT2D eigenvalue weighted by atomic mass is 16.3. The smallest absolute Gasteiger partial charge is 0.130 e. The van der Waals surface area contributed by atoms with Gasteiger partial charge in [-0.05, 0) is 66.7 Å². The number of aliphatic hydroxyl groups is 1. The van der Waals surface area contributed by atoms with Crippen LogP contribution >= 0.6 is 0 Å². The van der Waals surface area contributed by atoms with Gasteiger partial charge in [0.2, 0.25) is 0 Å². The Kier molecular flexibility index (Phi) is 2.78. The van der Waals surface area contributed by atoms with E-state index in [4.69, 9.17) is 6.42 Å². The molecule has 2 fully saturated rings. The average molecular weight is 294 g/mol. The van der Waals surface area contributed by atoms with Crippen LogP contribution in [0.3, 0.4) is 0 Å². The summed E-state index contributed by atoms with van der Waals surface area (Å²) in [6.07, 6.45) is 13.8. The van der Waals surface area contributed by atoms with Crippen molar-refractivity contribution in [1.82, 2.24) is 0 Å². The van der Waals surface area contributed by atoms with Crippen molar-refractivity contribution in [1.29, 1.82) is 0 Å². The maximum atomic E-state index is 10.9. The van der Waals surface area contributed by atoms with Gasteiger partial charge in [0.25, 0.3) is 0 Å². The van der Waals surface area contributed by atoms with E-state index in [1.807, 2.05) is 6.07 Å². The summed E-state index contributed by atoms with van der Waals surface area (Å²) in [7, 11) is 0. The Morgan fingerprint density at radius 1 is 1.27 bits per heavy atom. The van der Waals surface area contributed by atoms with Crippen LogP contribution in [0.2, 0.25) is 0 Å². The largest absolute Gasteiger partial charge is 0.508 e. The average Bonchev–Trinajstić information content (AvgIpc) is 2.79. The molecule has 4 rings (SSSR count). The zero-order valence-corrected chi connectivity index (χ0v) is 12.9. The molecule has 0 heterocycles. The maximum Gasteiger partial charge on any atom is 0.130 e. The van der Waals surface area contributed by atoms with Crippen LogP contribution in [0.1, 0.15) is 49.7 Å². The second-order valence-corrected chi connectivity index (χ2v) is 7.46. The third-order valence-electron chi connectivity index (χ3n) is 6.69. The van der Waals surface area contributed by atoms with Gasteiger partial charge in [0.1, 0.15) is 11.4 Å². The molecule has 5 atom stereocenters. The van der Waals surface area contributed by atoms with Crippen molar-refractivity contribution >= 4 is 6.08 Å². The normalized spacial score (nSPS) is 42.1. The summed E-state index contributed by atoms with van der Waals surface area (Å²) in [6.45, 7) is 2.18. The number of benzene rings is 1. The molecule has 2 saturated carbocycles. The minimum Gasteiger partial charge on any atom is -0.508 e. The first kappa shape index (κ1) is 13.9. The van der Waals surface area contributed by atoms with Gasteiger partial charge in [0.15, 0.2) is 0 Å². The highest BCUT2D eigenvalue weighted by Gasteiger charge is 2.60. The maximum absolute atomic E-state index is 10.9. The van der Waals surface area contributed by atoms with Crippen molar-refractivity contribution in [2.45, 2.75) is 44.1 Å². The summed E-state index contributed by atoms with van der Waals surface area (Å²) in [6, 6.07) is 5.70. The van der Waals surface area contributed by atoms with E-state index in [0.29, 0.717) is 29.9 Å². The molecule has 2 heteroatoms. The lowest BCUT2D eigenvalue weighted by molar-refractivity contribution is -0.0547. The quantitative estimate of drug-likeness (QED) is 0.716. The molecule has 0 saturated heterocycles. The summed E-state index contributed by atoms with van der Waals surface area (Å²) in [5, 5.41) is 20.6. The number of terminal acetylenes is 1. The minimum atomic E-state index is -0.953. The Hall–Kier alpha value is -1.72. The number of phenolic OH excluding ortho intramolecular Hbond substituents is 1. The van der Waals surface area contributed by atoms with Crippen LogP contribution in [0.5, 0.6) is 5.75 Å². The molecule has 1 aromatic rings.